The second-order valence-electron chi connectivity index (χ2n) is 6.29. The Labute approximate surface area is 160 Å². The number of benzene rings is 2. The number of halogens is 1. The monoisotopic (exact) mass is 376 g/mol. The van der Waals surface area contributed by atoms with E-state index in [4.69, 9.17) is 15.2 Å². The summed E-state index contributed by atoms with van der Waals surface area (Å²) in [6.07, 6.45) is 1.19. The lowest BCUT2D eigenvalue weighted by atomic mass is 10.0. The Morgan fingerprint density at radius 1 is 1.35 bits per heavy atom. The molecule has 1 amide bonds. The van der Waals surface area contributed by atoms with E-state index >= 15 is 0 Å². The SMILES string of the molecule is CCOc1cc2c(cc1NC(=O)CC(N)c1ccccc1)OC(C)C2.Cl. The van der Waals surface area contributed by atoms with Crippen molar-refractivity contribution in [1.82, 2.24) is 0 Å². The van der Waals surface area contributed by atoms with E-state index in [2.05, 4.69) is 5.32 Å². The highest BCUT2D eigenvalue weighted by molar-refractivity contribution is 5.93. The second kappa shape index (κ2) is 8.92. The number of carbonyl (C=O) groups excluding carboxylic acids is 1. The minimum absolute atomic E-state index is 0. The summed E-state index contributed by atoms with van der Waals surface area (Å²) in [5.74, 6) is 1.32. The van der Waals surface area contributed by atoms with Crippen molar-refractivity contribution in [1.29, 1.82) is 0 Å². The Hall–Kier alpha value is -2.24. The predicted octanol–water partition coefficient (Wildman–Crippen LogP) is 3.86. The molecule has 0 aliphatic carbocycles. The molecular formula is C20H25ClN2O3. The first-order chi connectivity index (χ1) is 12.1. The fourth-order valence-electron chi connectivity index (χ4n) is 3.03. The lowest BCUT2D eigenvalue weighted by molar-refractivity contribution is -0.116. The number of amides is 1. The van der Waals surface area contributed by atoms with Gasteiger partial charge in [-0.25, -0.2) is 0 Å². The zero-order chi connectivity index (χ0) is 17.8. The van der Waals surface area contributed by atoms with Crippen LogP contribution in [0.2, 0.25) is 0 Å². The maximum atomic E-state index is 12.4. The zero-order valence-electron chi connectivity index (χ0n) is 15.0. The Balaban J connectivity index is 0.00000243. The number of rotatable bonds is 6. The Morgan fingerprint density at radius 3 is 2.77 bits per heavy atom. The number of carbonyl (C=O) groups is 1. The molecule has 1 aliphatic heterocycles. The number of ether oxygens (including phenoxy) is 2. The molecule has 0 aromatic heterocycles. The van der Waals surface area contributed by atoms with Crippen LogP contribution in [0.1, 0.15) is 37.4 Å². The molecule has 1 heterocycles. The lowest BCUT2D eigenvalue weighted by Crippen LogP contribution is -2.21. The molecular weight excluding hydrogens is 352 g/mol. The normalized spacial score (nSPS) is 16.0. The van der Waals surface area contributed by atoms with Crippen LogP contribution in [0.4, 0.5) is 5.69 Å². The van der Waals surface area contributed by atoms with Gasteiger partial charge >= 0.3 is 0 Å². The van der Waals surface area contributed by atoms with E-state index in [0.29, 0.717) is 18.0 Å². The quantitative estimate of drug-likeness (QED) is 0.802. The maximum Gasteiger partial charge on any atom is 0.226 e. The summed E-state index contributed by atoms with van der Waals surface area (Å²) in [6, 6.07) is 13.1. The average Bonchev–Trinajstić information content (AvgIpc) is 2.95. The van der Waals surface area contributed by atoms with E-state index in [1.165, 1.54) is 0 Å². The molecule has 5 nitrogen and oxygen atoms in total. The van der Waals surface area contributed by atoms with Crippen molar-refractivity contribution in [3.8, 4) is 11.5 Å². The summed E-state index contributed by atoms with van der Waals surface area (Å²) in [7, 11) is 0. The molecule has 0 fully saturated rings. The molecule has 0 spiro atoms. The molecule has 26 heavy (non-hydrogen) atoms. The number of nitrogens with two attached hydrogens (primary N) is 1. The first-order valence-corrected chi connectivity index (χ1v) is 8.63. The molecule has 140 valence electrons. The van der Waals surface area contributed by atoms with Gasteiger partial charge in [-0.05, 0) is 25.5 Å². The van der Waals surface area contributed by atoms with Crippen LogP contribution in [0.5, 0.6) is 11.5 Å². The van der Waals surface area contributed by atoms with Gasteiger partial charge in [0.1, 0.15) is 17.6 Å². The highest BCUT2D eigenvalue weighted by atomic mass is 35.5. The number of anilines is 1. The standard InChI is InChI=1S/C20H24N2O3.ClH/c1-3-24-19-10-15-9-13(2)25-18(15)12-17(19)22-20(23)11-16(21)14-7-5-4-6-8-14;/h4-8,10,12-13,16H,3,9,11,21H2,1-2H3,(H,22,23);1H. The smallest absolute Gasteiger partial charge is 0.226 e. The zero-order valence-corrected chi connectivity index (χ0v) is 15.8. The fraction of sp³-hybridized carbons (Fsp3) is 0.350. The third kappa shape index (κ3) is 4.68. The summed E-state index contributed by atoms with van der Waals surface area (Å²) in [6.45, 7) is 4.47. The van der Waals surface area contributed by atoms with E-state index in [9.17, 15) is 4.79 Å². The summed E-state index contributed by atoms with van der Waals surface area (Å²) < 4.78 is 11.5. The molecule has 1 aliphatic rings. The van der Waals surface area contributed by atoms with Gasteiger partial charge < -0.3 is 20.5 Å². The van der Waals surface area contributed by atoms with Gasteiger partial charge in [0.05, 0.1) is 12.3 Å². The number of hydrogen-bond acceptors (Lipinski definition) is 4. The highest BCUT2D eigenvalue weighted by Crippen LogP contribution is 2.38. The molecule has 0 saturated carbocycles. The molecule has 6 heteroatoms. The van der Waals surface area contributed by atoms with Crippen molar-refractivity contribution < 1.29 is 14.3 Å². The van der Waals surface area contributed by atoms with Crippen molar-refractivity contribution in [3.63, 3.8) is 0 Å². The third-order valence-electron chi connectivity index (χ3n) is 4.21. The van der Waals surface area contributed by atoms with Gasteiger partial charge in [0.15, 0.2) is 0 Å². The Bertz CT molecular complexity index is 752. The van der Waals surface area contributed by atoms with E-state index < -0.39 is 0 Å². The Morgan fingerprint density at radius 2 is 2.08 bits per heavy atom. The maximum absolute atomic E-state index is 12.4. The molecule has 0 saturated heterocycles. The fourth-order valence-corrected chi connectivity index (χ4v) is 3.03. The molecule has 2 atom stereocenters. The van der Waals surface area contributed by atoms with Crippen LogP contribution in [-0.2, 0) is 11.2 Å². The van der Waals surface area contributed by atoms with Crippen LogP contribution in [0.15, 0.2) is 42.5 Å². The van der Waals surface area contributed by atoms with Gasteiger partial charge in [0.2, 0.25) is 5.91 Å². The number of nitrogens with one attached hydrogen (secondary N) is 1. The van der Waals surface area contributed by atoms with E-state index in [1.807, 2.05) is 56.3 Å². The van der Waals surface area contributed by atoms with Crippen LogP contribution in [0, 0.1) is 0 Å². The van der Waals surface area contributed by atoms with Gasteiger partial charge in [-0.3, -0.25) is 4.79 Å². The largest absolute Gasteiger partial charge is 0.492 e. The van der Waals surface area contributed by atoms with Crippen molar-refractivity contribution in [2.75, 3.05) is 11.9 Å². The molecule has 2 aromatic rings. The molecule has 0 radical (unpaired) electrons. The topological polar surface area (TPSA) is 73.6 Å². The molecule has 0 bridgehead atoms. The van der Waals surface area contributed by atoms with Gasteiger partial charge in [-0.1, -0.05) is 30.3 Å². The predicted molar refractivity (Wildman–Crippen MR) is 105 cm³/mol. The highest BCUT2D eigenvalue weighted by Gasteiger charge is 2.23. The summed E-state index contributed by atoms with van der Waals surface area (Å²) >= 11 is 0. The van der Waals surface area contributed by atoms with Gasteiger partial charge in [-0.15, -0.1) is 12.4 Å². The van der Waals surface area contributed by atoms with Crippen LogP contribution in [0.3, 0.4) is 0 Å². The first-order valence-electron chi connectivity index (χ1n) is 8.63. The van der Waals surface area contributed by atoms with Crippen molar-refractivity contribution >= 4 is 24.0 Å². The second-order valence-corrected chi connectivity index (χ2v) is 6.29. The van der Waals surface area contributed by atoms with E-state index in [0.717, 1.165) is 23.3 Å². The molecule has 2 aromatic carbocycles. The molecule has 2 unspecified atom stereocenters. The van der Waals surface area contributed by atoms with Crippen molar-refractivity contribution in [3.05, 3.63) is 53.6 Å². The van der Waals surface area contributed by atoms with Crippen molar-refractivity contribution in [2.45, 2.75) is 38.8 Å². The summed E-state index contributed by atoms with van der Waals surface area (Å²) in [5, 5.41) is 2.92. The number of hydrogen-bond donors (Lipinski definition) is 2. The summed E-state index contributed by atoms with van der Waals surface area (Å²) in [5.41, 5.74) is 8.81. The van der Waals surface area contributed by atoms with Crippen molar-refractivity contribution in [2.24, 2.45) is 5.73 Å². The van der Waals surface area contributed by atoms with Gasteiger partial charge in [-0.2, -0.15) is 0 Å². The minimum Gasteiger partial charge on any atom is -0.492 e. The third-order valence-corrected chi connectivity index (χ3v) is 4.21. The first kappa shape index (κ1) is 20.1. The number of fused-ring (bicyclic) bond motifs is 1. The molecule has 3 N–H and O–H groups in total. The van der Waals surface area contributed by atoms with E-state index in [-0.39, 0.29) is 36.9 Å². The average molecular weight is 377 g/mol. The van der Waals surface area contributed by atoms with E-state index in [1.54, 1.807) is 0 Å². The van der Waals surface area contributed by atoms with Crippen LogP contribution < -0.4 is 20.5 Å². The lowest BCUT2D eigenvalue weighted by Gasteiger charge is -2.15. The Kier molecular flexibility index (Phi) is 6.89. The van der Waals surface area contributed by atoms with Crippen LogP contribution in [0.25, 0.3) is 0 Å². The van der Waals surface area contributed by atoms with Crippen LogP contribution >= 0.6 is 12.4 Å². The minimum atomic E-state index is -0.345. The van der Waals surface area contributed by atoms with Gasteiger partial charge in [0, 0.05) is 30.5 Å². The molecule has 3 rings (SSSR count). The summed E-state index contributed by atoms with van der Waals surface area (Å²) in [4.78, 5) is 12.4. The van der Waals surface area contributed by atoms with Crippen LogP contribution in [-0.4, -0.2) is 18.6 Å². The van der Waals surface area contributed by atoms with Gasteiger partial charge in [0.25, 0.3) is 0 Å².